The number of aliphatic hydroxyl groups is 3. The Kier molecular flexibility index (Phi) is 5.73. The van der Waals surface area contributed by atoms with Crippen LogP contribution in [0.25, 0.3) is 0 Å². The summed E-state index contributed by atoms with van der Waals surface area (Å²) in [6, 6.07) is 0. The molecule has 0 aliphatic heterocycles. The first-order valence-electron chi connectivity index (χ1n) is 2.88. The van der Waals surface area contributed by atoms with Crippen LogP contribution < -0.4 is 5.32 Å². The maximum absolute atomic E-state index is 8.79. The summed E-state index contributed by atoms with van der Waals surface area (Å²) in [5.41, 5.74) is 0. The molecule has 0 aliphatic rings. The van der Waals surface area contributed by atoms with Crippen LogP contribution in [0.1, 0.15) is 13.8 Å². The van der Waals surface area contributed by atoms with Crippen LogP contribution in [0.4, 0.5) is 0 Å². The zero-order valence-electron chi connectivity index (χ0n) is 6.13. The van der Waals surface area contributed by atoms with Gasteiger partial charge in [0, 0.05) is 0 Å². The fourth-order valence-electron chi connectivity index (χ4n) is 0.408. The lowest BCUT2D eigenvalue weighted by Gasteiger charge is -2.24. The normalized spacial score (nSPS) is 14.1. The highest BCUT2D eigenvalue weighted by atomic mass is 16.5. The highest BCUT2D eigenvalue weighted by Gasteiger charge is 2.27. The second-order valence-electron chi connectivity index (χ2n) is 1.93. The smallest absolute Gasteiger partial charge is 0.249 e. The van der Waals surface area contributed by atoms with Crippen LogP contribution in [0, 0.1) is 0 Å². The molecule has 0 spiro atoms. The van der Waals surface area contributed by atoms with Crippen molar-refractivity contribution in [2.45, 2.75) is 25.9 Å². The monoisotopic (exact) mass is 153 g/mol. The van der Waals surface area contributed by atoms with Crippen molar-refractivity contribution < 1.29 is 20.8 Å². The Bertz CT molecular complexity index is 83.7. The van der Waals surface area contributed by atoms with Crippen LogP contribution in [0.2, 0.25) is 0 Å². The zero-order chi connectivity index (χ0) is 7.49. The van der Waals surface area contributed by atoms with Crippen molar-refractivity contribution in [2.75, 3.05) is 6.54 Å². The minimum Gasteiger partial charge on any atom is -0.412 e. The molecule has 0 aromatic rings. The molecule has 1 unspecified atom stereocenters. The van der Waals surface area contributed by atoms with Gasteiger partial charge in [-0.05, 0) is 13.5 Å². The van der Waals surface area contributed by atoms with E-state index in [4.69, 9.17) is 15.3 Å². The van der Waals surface area contributed by atoms with E-state index in [0.29, 0.717) is 6.54 Å². The molecule has 0 aliphatic carbocycles. The molecule has 0 radical (unpaired) electrons. The van der Waals surface area contributed by atoms with Gasteiger partial charge in [0.05, 0.1) is 0 Å². The van der Waals surface area contributed by atoms with Gasteiger partial charge < -0.3 is 20.8 Å². The molecule has 1 atom stereocenters. The van der Waals surface area contributed by atoms with Crippen LogP contribution in [0.3, 0.4) is 0 Å². The van der Waals surface area contributed by atoms with E-state index in [1.165, 1.54) is 6.92 Å². The van der Waals surface area contributed by atoms with Gasteiger partial charge in [0.1, 0.15) is 6.10 Å². The molecule has 0 saturated heterocycles. The lowest BCUT2D eigenvalue weighted by molar-refractivity contribution is -0.239. The van der Waals surface area contributed by atoms with E-state index in [-0.39, 0.29) is 5.48 Å². The third-order valence-corrected chi connectivity index (χ3v) is 1.02. The Morgan fingerprint density at radius 2 is 1.90 bits per heavy atom. The van der Waals surface area contributed by atoms with Gasteiger partial charge >= 0.3 is 0 Å². The fraction of sp³-hybridized carbons (Fsp3) is 1.00. The first-order valence-corrected chi connectivity index (χ1v) is 2.88. The van der Waals surface area contributed by atoms with E-state index in [1.54, 1.807) is 6.92 Å². The molecular weight excluding hydrogens is 138 g/mol. The summed E-state index contributed by atoms with van der Waals surface area (Å²) in [5.74, 6) is -2.14. The number of nitrogens with one attached hydrogen (secondary N) is 1. The highest BCUT2D eigenvalue weighted by molar-refractivity contribution is 4.66. The molecule has 6 N–H and O–H groups in total. The van der Waals surface area contributed by atoms with Crippen LogP contribution in [0.15, 0.2) is 0 Å². The number of likely N-dealkylation sites (N-methyl/N-ethyl adjacent to an activating group) is 1. The number of hydrogen-bond donors (Lipinski definition) is 4. The molecule has 10 heavy (non-hydrogen) atoms. The number of aliphatic hydroxyl groups excluding tert-OH is 1. The van der Waals surface area contributed by atoms with Gasteiger partial charge in [-0.3, -0.25) is 5.32 Å². The van der Waals surface area contributed by atoms with E-state index in [9.17, 15) is 0 Å². The Morgan fingerprint density at radius 1 is 1.50 bits per heavy atom. The van der Waals surface area contributed by atoms with E-state index in [1.807, 2.05) is 0 Å². The van der Waals surface area contributed by atoms with Crippen LogP contribution in [0.5, 0.6) is 0 Å². The summed E-state index contributed by atoms with van der Waals surface area (Å²) < 4.78 is 0. The minimum absolute atomic E-state index is 0. The van der Waals surface area contributed by atoms with Crippen LogP contribution >= 0.6 is 0 Å². The van der Waals surface area contributed by atoms with Crippen molar-refractivity contribution in [3.8, 4) is 0 Å². The molecular formula is C5H15NO4. The van der Waals surface area contributed by atoms with Gasteiger partial charge in [-0.1, -0.05) is 6.92 Å². The Labute approximate surface area is 59.6 Å². The van der Waals surface area contributed by atoms with E-state index >= 15 is 0 Å². The quantitative estimate of drug-likeness (QED) is 0.345. The molecule has 0 rings (SSSR count). The van der Waals surface area contributed by atoms with Gasteiger partial charge in [0.15, 0.2) is 0 Å². The lowest BCUT2D eigenvalue weighted by atomic mass is 10.3. The molecule has 0 bridgehead atoms. The van der Waals surface area contributed by atoms with E-state index in [0.717, 1.165) is 0 Å². The molecule has 5 nitrogen and oxygen atoms in total. The maximum Gasteiger partial charge on any atom is 0.249 e. The fourth-order valence-corrected chi connectivity index (χ4v) is 0.408. The van der Waals surface area contributed by atoms with Gasteiger partial charge in [0.25, 0.3) is 0 Å². The Balaban J connectivity index is 0. The molecule has 64 valence electrons. The van der Waals surface area contributed by atoms with E-state index < -0.39 is 12.0 Å². The zero-order valence-corrected chi connectivity index (χ0v) is 6.13. The molecule has 0 aromatic carbocycles. The summed E-state index contributed by atoms with van der Waals surface area (Å²) in [6.45, 7) is 3.41. The van der Waals surface area contributed by atoms with Crippen molar-refractivity contribution in [2.24, 2.45) is 0 Å². The van der Waals surface area contributed by atoms with Crippen molar-refractivity contribution >= 4 is 0 Å². The molecule has 0 amide bonds. The van der Waals surface area contributed by atoms with E-state index in [2.05, 4.69) is 5.32 Å². The Morgan fingerprint density at radius 3 is 2.00 bits per heavy atom. The summed E-state index contributed by atoms with van der Waals surface area (Å²) in [4.78, 5) is 0. The topological polar surface area (TPSA) is 104 Å². The van der Waals surface area contributed by atoms with Crippen LogP contribution in [-0.4, -0.2) is 39.4 Å². The van der Waals surface area contributed by atoms with Crippen LogP contribution in [-0.2, 0) is 0 Å². The largest absolute Gasteiger partial charge is 0.412 e. The maximum atomic E-state index is 8.79. The van der Waals surface area contributed by atoms with Gasteiger partial charge in [0.2, 0.25) is 5.91 Å². The predicted octanol–water partition coefficient (Wildman–Crippen LogP) is -2.21. The molecule has 0 aromatic heterocycles. The summed E-state index contributed by atoms with van der Waals surface area (Å²) in [5, 5.41) is 28.5. The molecule has 0 saturated carbocycles. The average molecular weight is 153 g/mol. The predicted molar refractivity (Wildman–Crippen MR) is 36.1 cm³/mol. The second-order valence-corrected chi connectivity index (χ2v) is 1.93. The second kappa shape index (κ2) is 4.59. The third kappa shape index (κ3) is 3.76. The number of hydrogen-bond acceptors (Lipinski definition) is 4. The lowest BCUT2D eigenvalue weighted by Crippen LogP contribution is -2.53. The molecule has 5 heteroatoms. The molecule has 0 fully saturated rings. The number of rotatable bonds is 3. The minimum atomic E-state index is -2.14. The SMILES string of the molecule is CCNC(O)(O)C(C)O.O. The summed E-state index contributed by atoms with van der Waals surface area (Å²) >= 11 is 0. The first kappa shape index (κ1) is 12.5. The third-order valence-electron chi connectivity index (χ3n) is 1.02. The standard InChI is InChI=1S/C5H13NO3.H2O/c1-3-6-5(8,9)4(2)7;/h4,6-9H,3H2,1-2H3;1H2. The van der Waals surface area contributed by atoms with Gasteiger partial charge in [-0.15, -0.1) is 0 Å². The first-order chi connectivity index (χ1) is 4.00. The van der Waals surface area contributed by atoms with Crippen molar-refractivity contribution in [1.82, 2.24) is 5.32 Å². The van der Waals surface area contributed by atoms with Crippen molar-refractivity contribution in [1.29, 1.82) is 0 Å². The average Bonchev–Trinajstić information content (AvgIpc) is 1.65. The van der Waals surface area contributed by atoms with Gasteiger partial charge in [-0.2, -0.15) is 0 Å². The summed E-state index contributed by atoms with van der Waals surface area (Å²) in [6.07, 6.45) is -1.18. The van der Waals surface area contributed by atoms with Crippen molar-refractivity contribution in [3.05, 3.63) is 0 Å². The molecule has 0 heterocycles. The van der Waals surface area contributed by atoms with Gasteiger partial charge in [-0.25, -0.2) is 0 Å². The summed E-state index contributed by atoms with van der Waals surface area (Å²) in [7, 11) is 0. The van der Waals surface area contributed by atoms with Crippen molar-refractivity contribution in [3.63, 3.8) is 0 Å². The Hall–Kier alpha value is -0.200. The highest BCUT2D eigenvalue weighted by Crippen LogP contribution is 1.99.